The molecular weight excluding hydrogens is 314 g/mol. The van der Waals surface area contributed by atoms with Gasteiger partial charge < -0.3 is 4.90 Å². The first kappa shape index (κ1) is 14.2. The summed E-state index contributed by atoms with van der Waals surface area (Å²) in [6.45, 7) is 1.11. The van der Waals surface area contributed by atoms with E-state index in [-0.39, 0.29) is 0 Å². The van der Waals surface area contributed by atoms with Crippen LogP contribution in [0.4, 0.5) is 0 Å². The monoisotopic (exact) mass is 329 g/mol. The number of aromatic nitrogens is 2. The van der Waals surface area contributed by atoms with E-state index in [9.17, 15) is 8.42 Å². The predicted molar refractivity (Wildman–Crippen MR) is 83.2 cm³/mol. The molecule has 2 N–H and O–H groups in total. The molecule has 1 aromatic heterocycles. The van der Waals surface area contributed by atoms with Gasteiger partial charge in [0.2, 0.25) is 10.9 Å². The average molecular weight is 329 g/mol. The molecule has 4 rings (SSSR count). The molecule has 0 saturated heterocycles. The molecule has 2 aliphatic rings. The Morgan fingerprint density at radius 3 is 2.87 bits per heavy atom. The summed E-state index contributed by atoms with van der Waals surface area (Å²) in [4.78, 5) is 1.67. The Morgan fingerprint density at radius 1 is 1.35 bits per heavy atom. The topological polar surface area (TPSA) is 102 Å². The van der Waals surface area contributed by atoms with Gasteiger partial charge >= 0.3 is 0 Å². The van der Waals surface area contributed by atoms with Crippen molar-refractivity contribution in [2.75, 3.05) is 0 Å². The Kier molecular flexibility index (Phi) is 3.14. The largest absolute Gasteiger partial charge is 0.300 e. The molecule has 1 aliphatic carbocycles. The summed E-state index contributed by atoms with van der Waals surface area (Å²) in [5, 5.41) is 16.4. The molecule has 118 valence electrons. The lowest BCUT2D eigenvalue weighted by molar-refractivity contribution is 0.412. The quantitative estimate of drug-likeness (QED) is 0.573. The number of rotatable bonds is 4. The maximum atomic E-state index is 11.0. The SMILES string of the molecule is N#CN1Cc2[nH]nc(-c3cccc(C4(N[SH](=O)=O)CC4)c3)c2C1. The molecule has 0 unspecified atom stereocenters. The van der Waals surface area contributed by atoms with E-state index < -0.39 is 16.4 Å². The third kappa shape index (κ3) is 2.38. The number of hydrogen-bond donors (Lipinski definition) is 3. The van der Waals surface area contributed by atoms with E-state index in [1.807, 2.05) is 24.3 Å². The van der Waals surface area contributed by atoms with E-state index in [1.165, 1.54) is 0 Å². The lowest BCUT2D eigenvalue weighted by Crippen LogP contribution is -2.27. The fraction of sp³-hybridized carbons (Fsp3) is 0.333. The van der Waals surface area contributed by atoms with Crippen LogP contribution in [0.1, 0.15) is 29.7 Å². The van der Waals surface area contributed by atoms with Gasteiger partial charge in [0.05, 0.1) is 30.0 Å². The molecule has 1 fully saturated rings. The van der Waals surface area contributed by atoms with Crippen LogP contribution in [0.5, 0.6) is 0 Å². The third-order valence-corrected chi connectivity index (χ3v) is 5.15. The van der Waals surface area contributed by atoms with Crippen LogP contribution in [0, 0.1) is 11.5 Å². The van der Waals surface area contributed by atoms with Crippen LogP contribution >= 0.6 is 0 Å². The lowest BCUT2D eigenvalue weighted by Gasteiger charge is -2.14. The van der Waals surface area contributed by atoms with Crippen molar-refractivity contribution < 1.29 is 8.42 Å². The first-order valence-corrected chi connectivity index (χ1v) is 8.53. The molecule has 0 amide bonds. The maximum Gasteiger partial charge on any atom is 0.202 e. The predicted octanol–water partition coefficient (Wildman–Crippen LogP) is 0.978. The Labute approximate surface area is 135 Å². The van der Waals surface area contributed by atoms with Gasteiger partial charge in [-0.3, -0.25) is 5.10 Å². The Hall–Kier alpha value is -2.37. The highest BCUT2D eigenvalue weighted by atomic mass is 32.2. The van der Waals surface area contributed by atoms with E-state index in [2.05, 4.69) is 21.1 Å². The molecule has 1 saturated carbocycles. The summed E-state index contributed by atoms with van der Waals surface area (Å²) >= 11 is 0. The van der Waals surface area contributed by atoms with E-state index in [0.29, 0.717) is 13.1 Å². The highest BCUT2D eigenvalue weighted by molar-refractivity contribution is 7.70. The minimum Gasteiger partial charge on any atom is -0.300 e. The average Bonchev–Trinajstić information content (AvgIpc) is 3.03. The van der Waals surface area contributed by atoms with Crippen LogP contribution in [0.2, 0.25) is 0 Å². The fourth-order valence-electron chi connectivity index (χ4n) is 3.18. The van der Waals surface area contributed by atoms with Gasteiger partial charge in [0.15, 0.2) is 6.19 Å². The summed E-state index contributed by atoms with van der Waals surface area (Å²) < 4.78 is 24.7. The van der Waals surface area contributed by atoms with Crippen LogP contribution in [-0.2, 0) is 29.5 Å². The molecule has 2 heterocycles. The van der Waals surface area contributed by atoms with Crippen molar-refractivity contribution in [1.29, 1.82) is 5.26 Å². The van der Waals surface area contributed by atoms with Crippen LogP contribution in [-0.4, -0.2) is 23.5 Å². The number of benzene rings is 1. The minimum absolute atomic E-state index is 0.455. The highest BCUT2D eigenvalue weighted by Crippen LogP contribution is 2.46. The molecule has 23 heavy (non-hydrogen) atoms. The van der Waals surface area contributed by atoms with Crippen molar-refractivity contribution >= 4 is 10.9 Å². The second kappa shape index (κ2) is 5.08. The van der Waals surface area contributed by atoms with Crippen molar-refractivity contribution in [2.45, 2.75) is 31.5 Å². The van der Waals surface area contributed by atoms with Gasteiger partial charge in [-0.05, 0) is 24.5 Å². The number of aromatic amines is 1. The first-order chi connectivity index (χ1) is 11.1. The fourth-order valence-corrected chi connectivity index (χ4v) is 3.88. The zero-order valence-corrected chi connectivity index (χ0v) is 13.1. The van der Waals surface area contributed by atoms with E-state index in [4.69, 9.17) is 5.26 Å². The second-order valence-electron chi connectivity index (χ2n) is 6.02. The van der Waals surface area contributed by atoms with Crippen molar-refractivity contribution in [3.63, 3.8) is 0 Å². The standard InChI is InChI=1S/C15H15N5O2S/c16-9-20-7-12-13(8-20)17-18-14(12)10-2-1-3-11(6-10)15(4-5-15)19-23(21)22/h1-3,6,23H,4-5,7-8H2,(H,17,18)(H,19,21,22). The molecule has 1 aliphatic heterocycles. The van der Waals surface area contributed by atoms with Gasteiger partial charge in [-0.2, -0.15) is 10.4 Å². The molecule has 0 spiro atoms. The molecule has 8 heteroatoms. The van der Waals surface area contributed by atoms with Crippen molar-refractivity contribution in [3.05, 3.63) is 41.1 Å². The summed E-state index contributed by atoms with van der Waals surface area (Å²) in [5.74, 6) is 0. The number of hydrogen-bond acceptors (Lipinski definition) is 5. The van der Waals surface area contributed by atoms with Gasteiger partial charge in [-0.1, -0.05) is 18.2 Å². The van der Waals surface area contributed by atoms with Gasteiger partial charge in [-0.15, -0.1) is 0 Å². The Morgan fingerprint density at radius 2 is 2.17 bits per heavy atom. The Balaban J connectivity index is 1.70. The molecule has 1 aromatic carbocycles. The van der Waals surface area contributed by atoms with Crippen molar-refractivity contribution in [2.24, 2.45) is 0 Å². The Bertz CT molecular complexity index is 884. The van der Waals surface area contributed by atoms with E-state index in [1.54, 1.807) is 4.90 Å². The zero-order chi connectivity index (χ0) is 16.0. The van der Waals surface area contributed by atoms with Crippen molar-refractivity contribution in [1.82, 2.24) is 19.8 Å². The molecule has 7 nitrogen and oxygen atoms in total. The van der Waals surface area contributed by atoms with Gasteiger partial charge in [0.25, 0.3) is 0 Å². The number of nitrogens with zero attached hydrogens (tertiary/aromatic N) is 3. The molecular formula is C15H15N5O2S. The molecule has 0 radical (unpaired) electrons. The highest BCUT2D eigenvalue weighted by Gasteiger charge is 2.45. The third-order valence-electron chi connectivity index (χ3n) is 4.54. The molecule has 0 bridgehead atoms. The first-order valence-electron chi connectivity index (χ1n) is 7.35. The number of fused-ring (bicyclic) bond motifs is 1. The lowest BCUT2D eigenvalue weighted by atomic mass is 9.99. The zero-order valence-electron chi connectivity index (χ0n) is 12.2. The summed E-state index contributed by atoms with van der Waals surface area (Å²) in [6.07, 6.45) is 3.76. The van der Waals surface area contributed by atoms with Gasteiger partial charge in [0, 0.05) is 11.1 Å². The summed E-state index contributed by atoms with van der Waals surface area (Å²) in [7, 11) is -2.63. The number of nitriles is 1. The van der Waals surface area contributed by atoms with E-state index >= 15 is 0 Å². The van der Waals surface area contributed by atoms with Gasteiger partial charge in [0.1, 0.15) is 0 Å². The summed E-state index contributed by atoms with van der Waals surface area (Å²) in [6, 6.07) is 7.81. The van der Waals surface area contributed by atoms with Crippen LogP contribution in [0.25, 0.3) is 11.3 Å². The van der Waals surface area contributed by atoms with Crippen LogP contribution in [0.3, 0.4) is 0 Å². The number of thiol groups is 1. The molecule has 0 atom stereocenters. The minimum atomic E-state index is -2.63. The van der Waals surface area contributed by atoms with Crippen LogP contribution < -0.4 is 4.72 Å². The summed E-state index contributed by atoms with van der Waals surface area (Å²) in [5.41, 5.74) is 4.28. The molecule has 2 aromatic rings. The van der Waals surface area contributed by atoms with Crippen molar-refractivity contribution in [3.8, 4) is 17.5 Å². The maximum absolute atomic E-state index is 11.0. The van der Waals surface area contributed by atoms with Crippen LogP contribution in [0.15, 0.2) is 24.3 Å². The normalized spacial score (nSPS) is 18.0. The second-order valence-corrected chi connectivity index (χ2v) is 6.76. The number of H-pyrrole nitrogens is 1. The van der Waals surface area contributed by atoms with E-state index in [0.717, 1.165) is 40.9 Å². The number of nitrogens with one attached hydrogen (secondary N) is 2. The smallest absolute Gasteiger partial charge is 0.202 e. The van der Waals surface area contributed by atoms with Gasteiger partial charge in [-0.25, -0.2) is 13.1 Å².